The largest absolute Gasteiger partial charge is 0.480 e. The Hall–Kier alpha value is -1.10. The molecule has 0 aliphatic carbocycles. The first kappa shape index (κ1) is 23.9. The highest BCUT2D eigenvalue weighted by molar-refractivity contribution is 5.86. The third kappa shape index (κ3) is 13.8. The molecule has 0 heterocycles. The Balaban J connectivity index is 3.75. The molecule has 0 bridgehead atoms. The number of amides is 1. The summed E-state index contributed by atoms with van der Waals surface area (Å²) in [6.45, 7) is 8.73. The van der Waals surface area contributed by atoms with E-state index < -0.39 is 12.0 Å². The SMILES string of the molecule is CCCCCCCCCCCN[C@@H](C)C(=O)N[C@@H](CC(C)C)C(=O)O. The maximum absolute atomic E-state index is 12.1. The van der Waals surface area contributed by atoms with Crippen molar-refractivity contribution in [2.75, 3.05) is 6.54 Å². The first-order chi connectivity index (χ1) is 11.9. The van der Waals surface area contributed by atoms with Crippen LogP contribution in [0.3, 0.4) is 0 Å². The predicted molar refractivity (Wildman–Crippen MR) is 104 cm³/mol. The van der Waals surface area contributed by atoms with Crippen LogP contribution < -0.4 is 10.6 Å². The molecule has 25 heavy (non-hydrogen) atoms. The average molecular weight is 357 g/mol. The Morgan fingerprint density at radius 2 is 1.40 bits per heavy atom. The molecule has 0 aliphatic heterocycles. The molecule has 1 amide bonds. The third-order valence-corrected chi connectivity index (χ3v) is 4.45. The van der Waals surface area contributed by atoms with E-state index in [-0.39, 0.29) is 17.9 Å². The first-order valence-electron chi connectivity index (χ1n) is 10.1. The molecule has 0 radical (unpaired) electrons. The van der Waals surface area contributed by atoms with Gasteiger partial charge in [0.15, 0.2) is 0 Å². The molecule has 0 spiro atoms. The van der Waals surface area contributed by atoms with Gasteiger partial charge in [-0.2, -0.15) is 0 Å². The molecule has 2 atom stereocenters. The second-order valence-electron chi connectivity index (χ2n) is 7.53. The summed E-state index contributed by atoms with van der Waals surface area (Å²) >= 11 is 0. The molecule has 0 fully saturated rings. The number of carbonyl (C=O) groups is 2. The van der Waals surface area contributed by atoms with Gasteiger partial charge in [0.1, 0.15) is 6.04 Å². The van der Waals surface area contributed by atoms with Crippen molar-refractivity contribution in [1.82, 2.24) is 10.6 Å². The summed E-state index contributed by atoms with van der Waals surface area (Å²) in [6.07, 6.45) is 11.9. The van der Waals surface area contributed by atoms with Crippen LogP contribution in [0.1, 0.15) is 91.9 Å². The van der Waals surface area contributed by atoms with Gasteiger partial charge in [0.2, 0.25) is 5.91 Å². The van der Waals surface area contributed by atoms with Crippen LogP contribution in [0.15, 0.2) is 0 Å². The number of carbonyl (C=O) groups excluding carboxylic acids is 1. The lowest BCUT2D eigenvalue weighted by Crippen LogP contribution is -2.49. The smallest absolute Gasteiger partial charge is 0.326 e. The van der Waals surface area contributed by atoms with Crippen LogP contribution in [0.25, 0.3) is 0 Å². The molecule has 0 saturated carbocycles. The zero-order chi connectivity index (χ0) is 19.1. The highest BCUT2D eigenvalue weighted by Crippen LogP contribution is 2.09. The quantitative estimate of drug-likeness (QED) is 0.364. The Morgan fingerprint density at radius 1 is 0.880 bits per heavy atom. The first-order valence-corrected chi connectivity index (χ1v) is 10.1. The van der Waals surface area contributed by atoms with Gasteiger partial charge < -0.3 is 15.7 Å². The number of aliphatic carboxylic acids is 1. The van der Waals surface area contributed by atoms with E-state index in [0.29, 0.717) is 6.42 Å². The number of hydrogen-bond donors (Lipinski definition) is 3. The number of hydrogen-bond acceptors (Lipinski definition) is 3. The van der Waals surface area contributed by atoms with Crippen LogP contribution >= 0.6 is 0 Å². The van der Waals surface area contributed by atoms with Crippen molar-refractivity contribution < 1.29 is 14.7 Å². The minimum Gasteiger partial charge on any atom is -0.480 e. The van der Waals surface area contributed by atoms with Crippen molar-refractivity contribution in [2.24, 2.45) is 5.92 Å². The molecule has 148 valence electrons. The molecule has 0 aromatic heterocycles. The van der Waals surface area contributed by atoms with E-state index in [0.717, 1.165) is 13.0 Å². The summed E-state index contributed by atoms with van der Waals surface area (Å²) < 4.78 is 0. The van der Waals surface area contributed by atoms with Crippen LogP contribution in [0.5, 0.6) is 0 Å². The van der Waals surface area contributed by atoms with Crippen LogP contribution in [0, 0.1) is 5.92 Å². The van der Waals surface area contributed by atoms with Crippen LogP contribution in [0.2, 0.25) is 0 Å². The Kier molecular flexibility index (Phi) is 14.5. The standard InChI is InChI=1S/C20H40N2O3/c1-5-6-7-8-9-10-11-12-13-14-21-17(4)19(23)22-18(20(24)25)15-16(2)3/h16-18,21H,5-15H2,1-4H3,(H,22,23)(H,24,25)/t17-,18-/m0/s1. The highest BCUT2D eigenvalue weighted by Gasteiger charge is 2.23. The Morgan fingerprint density at radius 3 is 1.88 bits per heavy atom. The molecule has 0 unspecified atom stereocenters. The molecular formula is C20H40N2O3. The van der Waals surface area contributed by atoms with Gasteiger partial charge in [0.25, 0.3) is 0 Å². The molecule has 0 aliphatic rings. The van der Waals surface area contributed by atoms with E-state index in [9.17, 15) is 14.7 Å². The Labute approximate surface area is 154 Å². The number of rotatable bonds is 16. The molecular weight excluding hydrogens is 316 g/mol. The lowest BCUT2D eigenvalue weighted by Gasteiger charge is -2.20. The number of carboxylic acids is 1. The summed E-state index contributed by atoms with van der Waals surface area (Å²) in [5.74, 6) is -0.969. The van der Waals surface area contributed by atoms with Gasteiger partial charge in [0, 0.05) is 0 Å². The van der Waals surface area contributed by atoms with Gasteiger partial charge in [-0.15, -0.1) is 0 Å². The van der Waals surface area contributed by atoms with Crippen molar-refractivity contribution in [3.8, 4) is 0 Å². The van der Waals surface area contributed by atoms with E-state index in [1.165, 1.54) is 51.4 Å². The third-order valence-electron chi connectivity index (χ3n) is 4.45. The summed E-state index contributed by atoms with van der Waals surface area (Å²) in [6, 6.07) is -1.16. The summed E-state index contributed by atoms with van der Waals surface area (Å²) in [4.78, 5) is 23.3. The van der Waals surface area contributed by atoms with Gasteiger partial charge in [-0.1, -0.05) is 72.1 Å². The van der Waals surface area contributed by atoms with Gasteiger partial charge in [-0.3, -0.25) is 4.79 Å². The second-order valence-corrected chi connectivity index (χ2v) is 7.53. The van der Waals surface area contributed by atoms with Crippen molar-refractivity contribution in [3.63, 3.8) is 0 Å². The van der Waals surface area contributed by atoms with Crippen molar-refractivity contribution in [2.45, 2.75) is 104 Å². The van der Waals surface area contributed by atoms with Crippen molar-refractivity contribution in [3.05, 3.63) is 0 Å². The number of carboxylic acid groups (broad SMARTS) is 1. The topological polar surface area (TPSA) is 78.4 Å². The average Bonchev–Trinajstić information content (AvgIpc) is 2.55. The van der Waals surface area contributed by atoms with E-state index in [2.05, 4.69) is 17.6 Å². The van der Waals surface area contributed by atoms with Crippen LogP contribution in [-0.4, -0.2) is 35.6 Å². The molecule has 3 N–H and O–H groups in total. The van der Waals surface area contributed by atoms with Crippen LogP contribution in [-0.2, 0) is 9.59 Å². The predicted octanol–water partition coefficient (Wildman–Crippen LogP) is 4.11. The zero-order valence-corrected chi connectivity index (χ0v) is 16.8. The van der Waals surface area contributed by atoms with Crippen LogP contribution in [0.4, 0.5) is 0 Å². The number of nitrogens with one attached hydrogen (secondary N) is 2. The fraction of sp³-hybridized carbons (Fsp3) is 0.900. The molecule has 0 saturated heterocycles. The van der Waals surface area contributed by atoms with Crippen molar-refractivity contribution >= 4 is 11.9 Å². The maximum Gasteiger partial charge on any atom is 0.326 e. The van der Waals surface area contributed by atoms with Gasteiger partial charge >= 0.3 is 5.97 Å². The fourth-order valence-electron chi connectivity index (χ4n) is 2.84. The van der Waals surface area contributed by atoms with E-state index in [4.69, 9.17) is 0 Å². The van der Waals surface area contributed by atoms with Gasteiger partial charge in [-0.25, -0.2) is 4.79 Å². The van der Waals surface area contributed by atoms with E-state index >= 15 is 0 Å². The molecule has 0 aromatic rings. The van der Waals surface area contributed by atoms with Gasteiger partial charge in [-0.05, 0) is 32.2 Å². The minimum absolute atomic E-state index is 0.228. The minimum atomic E-state index is -0.965. The summed E-state index contributed by atoms with van der Waals surface area (Å²) in [5, 5.41) is 15.0. The maximum atomic E-state index is 12.1. The molecule has 5 nitrogen and oxygen atoms in total. The molecule has 5 heteroatoms. The summed E-state index contributed by atoms with van der Waals surface area (Å²) in [7, 11) is 0. The fourth-order valence-corrected chi connectivity index (χ4v) is 2.84. The molecule has 0 aromatic carbocycles. The highest BCUT2D eigenvalue weighted by atomic mass is 16.4. The van der Waals surface area contributed by atoms with E-state index in [1.807, 2.05) is 13.8 Å². The lowest BCUT2D eigenvalue weighted by molar-refractivity contribution is -0.142. The summed E-state index contributed by atoms with van der Waals surface area (Å²) in [5.41, 5.74) is 0. The monoisotopic (exact) mass is 356 g/mol. The Bertz CT molecular complexity index is 359. The van der Waals surface area contributed by atoms with E-state index in [1.54, 1.807) is 6.92 Å². The molecule has 0 rings (SSSR count). The number of unbranched alkanes of at least 4 members (excludes halogenated alkanes) is 8. The zero-order valence-electron chi connectivity index (χ0n) is 16.8. The van der Waals surface area contributed by atoms with Crippen molar-refractivity contribution in [1.29, 1.82) is 0 Å². The lowest BCUT2D eigenvalue weighted by atomic mass is 10.0. The van der Waals surface area contributed by atoms with Gasteiger partial charge in [0.05, 0.1) is 6.04 Å². The normalized spacial score (nSPS) is 13.6. The second kappa shape index (κ2) is 15.2.